The van der Waals surface area contributed by atoms with Gasteiger partial charge in [-0.3, -0.25) is 0 Å². The minimum Gasteiger partial charge on any atom is -0.477 e. The molecule has 0 saturated heterocycles. The van der Waals surface area contributed by atoms with E-state index in [9.17, 15) is 9.90 Å². The summed E-state index contributed by atoms with van der Waals surface area (Å²) in [5.41, 5.74) is 2.37. The van der Waals surface area contributed by atoms with Gasteiger partial charge in [0.15, 0.2) is 0 Å². The molecule has 4 heteroatoms. The Bertz CT molecular complexity index is 720. The topological polar surface area (TPSA) is 49.7 Å². The number of carbonyl (C=O) groups is 1. The van der Waals surface area contributed by atoms with Crippen LogP contribution in [0.25, 0.3) is 0 Å². The van der Waals surface area contributed by atoms with Gasteiger partial charge in [0, 0.05) is 10.5 Å². The number of allylic oxidation sites excluding steroid dienone is 1. The van der Waals surface area contributed by atoms with Crippen LogP contribution in [0.5, 0.6) is 0 Å². The summed E-state index contributed by atoms with van der Waals surface area (Å²) in [6.45, 7) is 0. The van der Waals surface area contributed by atoms with Crippen molar-refractivity contribution < 1.29 is 9.90 Å². The number of para-hydroxylation sites is 1. The maximum atomic E-state index is 11.3. The number of carboxylic acid groups (broad SMARTS) is 1. The molecule has 20 heavy (non-hydrogen) atoms. The van der Waals surface area contributed by atoms with E-state index >= 15 is 0 Å². The van der Waals surface area contributed by atoms with Crippen molar-refractivity contribution in [2.45, 2.75) is 4.90 Å². The van der Waals surface area contributed by atoms with Crippen LogP contribution in [0.3, 0.4) is 0 Å². The van der Waals surface area contributed by atoms with Gasteiger partial charge in [-0.05, 0) is 18.2 Å². The van der Waals surface area contributed by atoms with Crippen molar-refractivity contribution in [2.75, 3.05) is 0 Å². The number of fused-ring (bicyclic) bond motifs is 1. The number of hydrogen-bond acceptors (Lipinski definition) is 3. The van der Waals surface area contributed by atoms with Crippen LogP contribution < -0.4 is 0 Å². The summed E-state index contributed by atoms with van der Waals surface area (Å²) in [5, 5.41) is 9.31. The molecule has 0 fully saturated rings. The second-order valence-corrected chi connectivity index (χ2v) is 5.33. The Balaban J connectivity index is 2.17. The summed E-state index contributed by atoms with van der Waals surface area (Å²) < 4.78 is 0. The Kier molecular flexibility index (Phi) is 3.39. The number of hydrogen-bond donors (Lipinski definition) is 1. The van der Waals surface area contributed by atoms with E-state index in [1.54, 1.807) is 6.08 Å². The van der Waals surface area contributed by atoms with Gasteiger partial charge < -0.3 is 5.11 Å². The zero-order chi connectivity index (χ0) is 13.9. The average molecular weight is 281 g/mol. The Labute approximate surface area is 120 Å². The molecule has 1 aliphatic rings. The van der Waals surface area contributed by atoms with Gasteiger partial charge in [0.2, 0.25) is 0 Å². The standard InChI is InChI=1S/C16H11NO2S/c18-16(19)15-10-13(11-6-2-1-3-7-11)17-12-8-4-5-9-14(12)20-15/h1-10H,(H,18,19). The molecule has 0 aliphatic carbocycles. The summed E-state index contributed by atoms with van der Waals surface area (Å²) >= 11 is 1.23. The lowest BCUT2D eigenvalue weighted by Crippen LogP contribution is -2.01. The van der Waals surface area contributed by atoms with Crippen LogP contribution in [0, 0.1) is 0 Å². The maximum absolute atomic E-state index is 11.3. The van der Waals surface area contributed by atoms with Crippen molar-refractivity contribution in [1.29, 1.82) is 0 Å². The number of nitrogens with zero attached hydrogens (tertiary/aromatic N) is 1. The fraction of sp³-hybridized carbons (Fsp3) is 0. The predicted molar refractivity (Wildman–Crippen MR) is 80.7 cm³/mol. The number of benzene rings is 2. The van der Waals surface area contributed by atoms with E-state index in [0.29, 0.717) is 5.71 Å². The van der Waals surface area contributed by atoms with E-state index < -0.39 is 5.97 Å². The highest BCUT2D eigenvalue weighted by molar-refractivity contribution is 8.04. The van der Waals surface area contributed by atoms with E-state index in [0.717, 1.165) is 16.1 Å². The van der Waals surface area contributed by atoms with Crippen LogP contribution >= 0.6 is 11.8 Å². The zero-order valence-corrected chi connectivity index (χ0v) is 11.3. The highest BCUT2D eigenvalue weighted by Gasteiger charge is 2.17. The molecule has 98 valence electrons. The second kappa shape index (κ2) is 5.35. The third kappa shape index (κ3) is 2.51. The van der Waals surface area contributed by atoms with Crippen molar-refractivity contribution in [3.8, 4) is 0 Å². The molecular formula is C16H11NO2S. The maximum Gasteiger partial charge on any atom is 0.342 e. The van der Waals surface area contributed by atoms with Crippen molar-refractivity contribution in [3.05, 3.63) is 71.1 Å². The molecule has 2 aromatic carbocycles. The predicted octanol–water partition coefficient (Wildman–Crippen LogP) is 3.88. The molecular weight excluding hydrogens is 270 g/mol. The lowest BCUT2D eigenvalue weighted by Gasteiger charge is -2.02. The van der Waals surface area contributed by atoms with Gasteiger partial charge in [-0.1, -0.05) is 54.2 Å². The molecule has 0 spiro atoms. The van der Waals surface area contributed by atoms with Gasteiger partial charge in [0.25, 0.3) is 0 Å². The van der Waals surface area contributed by atoms with Crippen LogP contribution in [0.2, 0.25) is 0 Å². The summed E-state index contributed by atoms with van der Waals surface area (Å²) in [4.78, 5) is 17.1. The monoisotopic (exact) mass is 281 g/mol. The fourth-order valence-corrected chi connectivity index (χ4v) is 2.79. The Hall–Kier alpha value is -2.33. The first-order valence-corrected chi connectivity index (χ1v) is 6.92. The molecule has 0 atom stereocenters. The van der Waals surface area contributed by atoms with Crippen molar-refractivity contribution in [3.63, 3.8) is 0 Å². The van der Waals surface area contributed by atoms with Crippen LogP contribution in [0.4, 0.5) is 5.69 Å². The highest BCUT2D eigenvalue weighted by Crippen LogP contribution is 2.37. The van der Waals surface area contributed by atoms with E-state index in [2.05, 4.69) is 4.99 Å². The van der Waals surface area contributed by atoms with Crippen LogP contribution in [-0.2, 0) is 4.79 Å². The molecule has 0 radical (unpaired) electrons. The highest BCUT2D eigenvalue weighted by atomic mass is 32.2. The van der Waals surface area contributed by atoms with Gasteiger partial charge in [-0.15, -0.1) is 0 Å². The van der Waals surface area contributed by atoms with Gasteiger partial charge in [0.05, 0.1) is 16.3 Å². The molecule has 0 amide bonds. The summed E-state index contributed by atoms with van der Waals surface area (Å²) in [6.07, 6.45) is 1.63. The second-order valence-electron chi connectivity index (χ2n) is 4.25. The van der Waals surface area contributed by atoms with Gasteiger partial charge in [0.1, 0.15) is 0 Å². The SMILES string of the molecule is O=C(O)C1=CC(c2ccccc2)=Nc2ccccc2S1. The molecule has 3 rings (SSSR count). The third-order valence-electron chi connectivity index (χ3n) is 2.87. The smallest absolute Gasteiger partial charge is 0.342 e. The van der Waals surface area contributed by atoms with Gasteiger partial charge in [-0.25, -0.2) is 9.79 Å². The molecule has 0 unspecified atom stereocenters. The normalized spacial score (nSPS) is 13.8. The first kappa shape index (κ1) is 12.7. The van der Waals surface area contributed by atoms with Crippen molar-refractivity contribution >= 4 is 29.1 Å². The van der Waals surface area contributed by atoms with Crippen molar-refractivity contribution in [2.24, 2.45) is 4.99 Å². The van der Waals surface area contributed by atoms with Gasteiger partial charge in [-0.2, -0.15) is 0 Å². The number of aliphatic imine (C=N–C) groups is 1. The van der Waals surface area contributed by atoms with Crippen LogP contribution in [0.15, 0.2) is 75.5 Å². The van der Waals surface area contributed by atoms with E-state index in [1.807, 2.05) is 54.6 Å². The minimum absolute atomic E-state index is 0.276. The average Bonchev–Trinajstić information content (AvgIpc) is 2.67. The number of rotatable bonds is 2. The van der Waals surface area contributed by atoms with Crippen molar-refractivity contribution in [1.82, 2.24) is 0 Å². The minimum atomic E-state index is -0.935. The first-order chi connectivity index (χ1) is 9.74. The molecule has 1 aliphatic heterocycles. The Morgan fingerprint density at radius 1 is 1.00 bits per heavy atom. The molecule has 0 aromatic heterocycles. The Morgan fingerprint density at radius 2 is 1.70 bits per heavy atom. The Morgan fingerprint density at radius 3 is 2.45 bits per heavy atom. The summed E-state index contributed by atoms with van der Waals surface area (Å²) in [7, 11) is 0. The molecule has 0 saturated carbocycles. The van der Waals surface area contributed by atoms with E-state index in [4.69, 9.17) is 0 Å². The molecule has 3 nitrogen and oxygen atoms in total. The summed E-state index contributed by atoms with van der Waals surface area (Å²) in [5.74, 6) is -0.935. The van der Waals surface area contributed by atoms with Crippen LogP contribution in [0.1, 0.15) is 5.56 Å². The lowest BCUT2D eigenvalue weighted by atomic mass is 10.1. The molecule has 1 heterocycles. The first-order valence-electron chi connectivity index (χ1n) is 6.10. The van der Waals surface area contributed by atoms with Crippen LogP contribution in [-0.4, -0.2) is 16.8 Å². The number of aliphatic carboxylic acids is 1. The number of carboxylic acids is 1. The molecule has 0 bridgehead atoms. The van der Waals surface area contributed by atoms with Gasteiger partial charge >= 0.3 is 5.97 Å². The molecule has 2 aromatic rings. The summed E-state index contributed by atoms with van der Waals surface area (Å²) in [6, 6.07) is 17.2. The largest absolute Gasteiger partial charge is 0.477 e. The third-order valence-corrected chi connectivity index (χ3v) is 3.95. The quantitative estimate of drug-likeness (QED) is 0.908. The zero-order valence-electron chi connectivity index (χ0n) is 10.5. The van der Waals surface area contributed by atoms with E-state index in [1.165, 1.54) is 11.8 Å². The lowest BCUT2D eigenvalue weighted by molar-refractivity contribution is -0.131. The fourth-order valence-electron chi connectivity index (χ4n) is 1.93. The van der Waals surface area contributed by atoms with E-state index in [-0.39, 0.29) is 4.91 Å². The number of thioether (sulfide) groups is 1. The molecule has 1 N–H and O–H groups in total.